The highest BCUT2D eigenvalue weighted by atomic mass is 32.2. The Morgan fingerprint density at radius 1 is 1.05 bits per heavy atom. The normalized spacial score (nSPS) is 11.2. The lowest BCUT2D eigenvalue weighted by Gasteiger charge is -2.21. The van der Waals surface area contributed by atoms with Gasteiger partial charge in [-0.2, -0.15) is 0 Å². The number of rotatable bonds is 5. The zero-order valence-electron chi connectivity index (χ0n) is 12.5. The molecule has 0 atom stereocenters. The van der Waals surface area contributed by atoms with E-state index in [2.05, 4.69) is 5.32 Å². The van der Waals surface area contributed by atoms with E-state index in [-0.39, 0.29) is 4.90 Å². The van der Waals surface area contributed by atoms with Crippen LogP contribution in [-0.2, 0) is 10.0 Å². The van der Waals surface area contributed by atoms with Gasteiger partial charge in [0, 0.05) is 13.6 Å². The summed E-state index contributed by atoms with van der Waals surface area (Å²) in [4.78, 5) is 0.287. The van der Waals surface area contributed by atoms with Gasteiger partial charge in [-0.3, -0.25) is 4.31 Å². The first-order valence-corrected chi connectivity index (χ1v) is 8.29. The molecular formula is C16H20N2O2S. The van der Waals surface area contributed by atoms with Crippen molar-refractivity contribution in [2.45, 2.75) is 18.7 Å². The third kappa shape index (κ3) is 3.19. The lowest BCUT2D eigenvalue weighted by atomic mass is 10.2. The first-order valence-electron chi connectivity index (χ1n) is 6.85. The van der Waals surface area contributed by atoms with Crippen LogP contribution in [0.15, 0.2) is 53.4 Å². The van der Waals surface area contributed by atoms with Crippen molar-refractivity contribution in [3.05, 3.63) is 54.1 Å². The van der Waals surface area contributed by atoms with Gasteiger partial charge in [0.05, 0.1) is 11.4 Å². The fraction of sp³-hybridized carbons (Fsp3) is 0.250. The Kier molecular flexibility index (Phi) is 4.53. The van der Waals surface area contributed by atoms with E-state index < -0.39 is 10.0 Å². The van der Waals surface area contributed by atoms with E-state index in [1.165, 1.54) is 4.31 Å². The number of aryl methyl sites for hydroxylation is 1. The Balaban J connectivity index is 2.44. The molecule has 5 heteroatoms. The van der Waals surface area contributed by atoms with Crippen LogP contribution >= 0.6 is 0 Å². The van der Waals surface area contributed by atoms with E-state index in [0.29, 0.717) is 17.9 Å². The van der Waals surface area contributed by atoms with Crippen molar-refractivity contribution in [1.82, 2.24) is 0 Å². The zero-order valence-corrected chi connectivity index (χ0v) is 13.3. The van der Waals surface area contributed by atoms with Crippen molar-refractivity contribution in [2.75, 3.05) is 23.2 Å². The Morgan fingerprint density at radius 2 is 1.67 bits per heavy atom. The molecule has 2 rings (SSSR count). The van der Waals surface area contributed by atoms with E-state index >= 15 is 0 Å². The van der Waals surface area contributed by atoms with Gasteiger partial charge in [0.1, 0.15) is 4.90 Å². The van der Waals surface area contributed by atoms with Crippen LogP contribution in [0.3, 0.4) is 0 Å². The average Bonchev–Trinajstić information content (AvgIpc) is 2.48. The summed E-state index contributed by atoms with van der Waals surface area (Å²) < 4.78 is 26.9. The van der Waals surface area contributed by atoms with Gasteiger partial charge in [0.15, 0.2) is 0 Å². The standard InChI is InChI=1S/C16H20N2O2S/c1-4-17-15-7-5-6-8-16(15)21(19,20)18(3)14-11-9-13(2)10-12-14/h5-12,17H,4H2,1-3H3. The molecule has 0 amide bonds. The van der Waals surface area contributed by atoms with Crippen molar-refractivity contribution >= 4 is 21.4 Å². The van der Waals surface area contributed by atoms with Crippen LogP contribution in [0.1, 0.15) is 12.5 Å². The molecule has 0 saturated carbocycles. The highest BCUT2D eigenvalue weighted by molar-refractivity contribution is 7.93. The molecule has 21 heavy (non-hydrogen) atoms. The molecule has 2 aromatic carbocycles. The van der Waals surface area contributed by atoms with Gasteiger partial charge in [-0.25, -0.2) is 8.42 Å². The molecule has 0 aromatic heterocycles. The van der Waals surface area contributed by atoms with Crippen LogP contribution in [-0.4, -0.2) is 22.0 Å². The molecule has 0 aliphatic rings. The topological polar surface area (TPSA) is 49.4 Å². The fourth-order valence-corrected chi connectivity index (χ4v) is 3.43. The Hall–Kier alpha value is -2.01. The maximum absolute atomic E-state index is 12.8. The number of anilines is 2. The van der Waals surface area contributed by atoms with Crippen molar-refractivity contribution in [2.24, 2.45) is 0 Å². The maximum atomic E-state index is 12.8. The molecule has 4 nitrogen and oxygen atoms in total. The molecule has 0 saturated heterocycles. The highest BCUT2D eigenvalue weighted by Gasteiger charge is 2.23. The van der Waals surface area contributed by atoms with Gasteiger partial charge >= 0.3 is 0 Å². The zero-order chi connectivity index (χ0) is 15.5. The third-order valence-electron chi connectivity index (χ3n) is 3.29. The third-order valence-corrected chi connectivity index (χ3v) is 5.13. The SMILES string of the molecule is CCNc1ccccc1S(=O)(=O)N(C)c1ccc(C)cc1. The Bertz CT molecular complexity index is 709. The quantitative estimate of drug-likeness (QED) is 0.922. The summed E-state index contributed by atoms with van der Waals surface area (Å²) in [5.74, 6) is 0. The van der Waals surface area contributed by atoms with E-state index in [4.69, 9.17) is 0 Å². The second-order valence-electron chi connectivity index (χ2n) is 4.83. The van der Waals surface area contributed by atoms with Crippen LogP contribution < -0.4 is 9.62 Å². The molecule has 2 aromatic rings. The molecular weight excluding hydrogens is 284 g/mol. The van der Waals surface area contributed by atoms with Crippen LogP contribution in [0.5, 0.6) is 0 Å². The number of hydrogen-bond acceptors (Lipinski definition) is 3. The van der Waals surface area contributed by atoms with Crippen LogP contribution in [0, 0.1) is 6.92 Å². The van der Waals surface area contributed by atoms with Crippen molar-refractivity contribution < 1.29 is 8.42 Å². The lowest BCUT2D eigenvalue weighted by Crippen LogP contribution is -2.27. The second kappa shape index (κ2) is 6.18. The number of sulfonamides is 1. The van der Waals surface area contributed by atoms with Gasteiger partial charge < -0.3 is 5.32 Å². The molecule has 0 heterocycles. The number of nitrogens with zero attached hydrogens (tertiary/aromatic N) is 1. The molecule has 0 spiro atoms. The minimum absolute atomic E-state index is 0.287. The highest BCUT2D eigenvalue weighted by Crippen LogP contribution is 2.27. The Labute approximate surface area is 126 Å². The van der Waals surface area contributed by atoms with Gasteiger partial charge in [-0.15, -0.1) is 0 Å². The number of para-hydroxylation sites is 1. The van der Waals surface area contributed by atoms with Crippen LogP contribution in [0.25, 0.3) is 0 Å². The van der Waals surface area contributed by atoms with E-state index in [9.17, 15) is 8.42 Å². The van der Waals surface area contributed by atoms with Gasteiger partial charge in [-0.1, -0.05) is 29.8 Å². The first kappa shape index (κ1) is 15.4. The lowest BCUT2D eigenvalue weighted by molar-refractivity contribution is 0.594. The first-order chi connectivity index (χ1) is 9.96. The summed E-state index contributed by atoms with van der Waals surface area (Å²) in [7, 11) is -2.01. The molecule has 0 unspecified atom stereocenters. The average molecular weight is 304 g/mol. The predicted octanol–water partition coefficient (Wildman–Crippen LogP) is 3.25. The summed E-state index contributed by atoms with van der Waals surface area (Å²) in [5.41, 5.74) is 2.36. The minimum atomic E-state index is -3.59. The summed E-state index contributed by atoms with van der Waals surface area (Å²) in [5, 5.41) is 3.09. The summed E-state index contributed by atoms with van der Waals surface area (Å²) in [6, 6.07) is 14.4. The number of benzene rings is 2. The molecule has 0 aliphatic carbocycles. The van der Waals surface area contributed by atoms with Gasteiger partial charge in [0.25, 0.3) is 10.0 Å². The molecule has 0 bridgehead atoms. The molecule has 0 aliphatic heterocycles. The molecule has 0 radical (unpaired) electrons. The minimum Gasteiger partial charge on any atom is -0.384 e. The molecule has 112 valence electrons. The van der Waals surface area contributed by atoms with E-state index in [1.54, 1.807) is 25.2 Å². The number of hydrogen-bond donors (Lipinski definition) is 1. The monoisotopic (exact) mass is 304 g/mol. The smallest absolute Gasteiger partial charge is 0.266 e. The van der Waals surface area contributed by atoms with Crippen LogP contribution in [0.4, 0.5) is 11.4 Å². The Morgan fingerprint density at radius 3 is 2.29 bits per heavy atom. The summed E-state index contributed by atoms with van der Waals surface area (Å²) >= 11 is 0. The fourth-order valence-electron chi connectivity index (χ4n) is 2.07. The summed E-state index contributed by atoms with van der Waals surface area (Å²) in [6.07, 6.45) is 0. The van der Waals surface area contributed by atoms with Crippen molar-refractivity contribution in [3.63, 3.8) is 0 Å². The van der Waals surface area contributed by atoms with E-state index in [1.807, 2.05) is 44.2 Å². The van der Waals surface area contributed by atoms with Crippen LogP contribution in [0.2, 0.25) is 0 Å². The predicted molar refractivity (Wildman–Crippen MR) is 87.4 cm³/mol. The largest absolute Gasteiger partial charge is 0.384 e. The number of nitrogens with one attached hydrogen (secondary N) is 1. The van der Waals surface area contributed by atoms with E-state index in [0.717, 1.165) is 5.56 Å². The molecule has 0 fully saturated rings. The maximum Gasteiger partial charge on any atom is 0.266 e. The van der Waals surface area contributed by atoms with Crippen molar-refractivity contribution in [3.8, 4) is 0 Å². The van der Waals surface area contributed by atoms with Crippen molar-refractivity contribution in [1.29, 1.82) is 0 Å². The van der Waals surface area contributed by atoms with Gasteiger partial charge in [0.2, 0.25) is 0 Å². The molecule has 1 N–H and O–H groups in total. The second-order valence-corrected chi connectivity index (χ2v) is 6.77. The van der Waals surface area contributed by atoms with Gasteiger partial charge in [-0.05, 0) is 38.1 Å². The summed E-state index contributed by atoms with van der Waals surface area (Å²) in [6.45, 7) is 4.58.